The highest BCUT2D eigenvalue weighted by Crippen LogP contribution is 2.19. The van der Waals surface area contributed by atoms with E-state index in [1.54, 1.807) is 0 Å². The summed E-state index contributed by atoms with van der Waals surface area (Å²) in [5.41, 5.74) is 10.8. The van der Waals surface area contributed by atoms with Crippen LogP contribution >= 0.6 is 0 Å². The normalized spacial score (nSPS) is 11.0. The van der Waals surface area contributed by atoms with Crippen molar-refractivity contribution in [2.45, 2.75) is 33.6 Å². The van der Waals surface area contributed by atoms with Gasteiger partial charge in [0.05, 0.1) is 0 Å². The van der Waals surface area contributed by atoms with Gasteiger partial charge in [-0.2, -0.15) is 5.10 Å². The highest BCUT2D eigenvalue weighted by atomic mass is 15.3. The predicted octanol–water partition coefficient (Wildman–Crippen LogP) is 1.83. The van der Waals surface area contributed by atoms with E-state index in [4.69, 9.17) is 5.73 Å². The number of nitrogens with two attached hydrogens (primary N) is 1. The van der Waals surface area contributed by atoms with E-state index >= 15 is 0 Å². The van der Waals surface area contributed by atoms with Crippen molar-refractivity contribution in [2.24, 2.45) is 12.8 Å². The lowest BCUT2D eigenvalue weighted by Crippen LogP contribution is -2.04. The fourth-order valence-corrected chi connectivity index (χ4v) is 2.51. The van der Waals surface area contributed by atoms with Crippen molar-refractivity contribution in [3.8, 4) is 0 Å². The van der Waals surface area contributed by atoms with Crippen molar-refractivity contribution in [1.82, 2.24) is 14.8 Å². The van der Waals surface area contributed by atoms with Gasteiger partial charge in [-0.1, -0.05) is 17.7 Å². The Morgan fingerprint density at radius 1 is 1.16 bits per heavy atom. The predicted molar refractivity (Wildman–Crippen MR) is 77.2 cm³/mol. The maximum Gasteiger partial charge on any atom is 0.152 e. The lowest BCUT2D eigenvalue weighted by atomic mass is 9.97. The minimum Gasteiger partial charge on any atom is -0.330 e. The molecule has 1 aromatic carbocycles. The van der Waals surface area contributed by atoms with Crippen molar-refractivity contribution < 1.29 is 0 Å². The van der Waals surface area contributed by atoms with Gasteiger partial charge in [0.1, 0.15) is 5.82 Å². The molecule has 0 bridgehead atoms. The molecule has 0 fully saturated rings. The molecule has 4 heteroatoms. The standard InChI is InChI=1S/C15H22N4/c1-10-7-11(2)13(12(3)8-10)9-15-17-14(5-6-16)18-19(15)4/h7-8H,5-6,9,16H2,1-4H3. The van der Waals surface area contributed by atoms with Crippen LogP contribution in [0.15, 0.2) is 12.1 Å². The molecule has 0 amide bonds. The van der Waals surface area contributed by atoms with Crippen LogP contribution in [-0.4, -0.2) is 21.3 Å². The average Bonchev–Trinajstić information content (AvgIpc) is 2.64. The summed E-state index contributed by atoms with van der Waals surface area (Å²) < 4.78 is 1.86. The number of aryl methyl sites for hydroxylation is 4. The summed E-state index contributed by atoms with van der Waals surface area (Å²) >= 11 is 0. The van der Waals surface area contributed by atoms with Crippen LogP contribution < -0.4 is 5.73 Å². The van der Waals surface area contributed by atoms with Gasteiger partial charge in [0.25, 0.3) is 0 Å². The fraction of sp³-hybridized carbons (Fsp3) is 0.467. The van der Waals surface area contributed by atoms with Gasteiger partial charge < -0.3 is 5.73 Å². The van der Waals surface area contributed by atoms with E-state index in [2.05, 4.69) is 43.0 Å². The minimum absolute atomic E-state index is 0.589. The van der Waals surface area contributed by atoms with E-state index in [1.165, 1.54) is 22.3 Å². The first-order valence-corrected chi connectivity index (χ1v) is 6.67. The zero-order chi connectivity index (χ0) is 14.0. The van der Waals surface area contributed by atoms with Gasteiger partial charge in [-0.05, 0) is 44.0 Å². The Morgan fingerprint density at radius 3 is 2.37 bits per heavy atom. The zero-order valence-corrected chi connectivity index (χ0v) is 12.2. The molecule has 1 heterocycles. The van der Waals surface area contributed by atoms with Crippen LogP contribution in [0, 0.1) is 20.8 Å². The first-order chi connectivity index (χ1) is 9.01. The van der Waals surface area contributed by atoms with Crippen LogP contribution in [0.5, 0.6) is 0 Å². The van der Waals surface area contributed by atoms with Gasteiger partial charge in [-0.25, -0.2) is 4.98 Å². The third-order valence-corrected chi connectivity index (χ3v) is 3.44. The smallest absolute Gasteiger partial charge is 0.152 e. The lowest BCUT2D eigenvalue weighted by Gasteiger charge is -2.10. The van der Waals surface area contributed by atoms with E-state index in [-0.39, 0.29) is 0 Å². The largest absolute Gasteiger partial charge is 0.330 e. The second-order valence-corrected chi connectivity index (χ2v) is 5.16. The molecule has 0 aliphatic rings. The summed E-state index contributed by atoms with van der Waals surface area (Å²) in [6.45, 7) is 7.04. The molecule has 0 unspecified atom stereocenters. The fourth-order valence-electron chi connectivity index (χ4n) is 2.51. The quantitative estimate of drug-likeness (QED) is 0.910. The Labute approximate surface area is 114 Å². The first kappa shape index (κ1) is 13.7. The number of aromatic nitrogens is 3. The van der Waals surface area contributed by atoms with Gasteiger partial charge in [0.15, 0.2) is 5.82 Å². The van der Waals surface area contributed by atoms with E-state index < -0.39 is 0 Å². The molecule has 2 aromatic rings. The number of hydrogen-bond acceptors (Lipinski definition) is 3. The molecule has 102 valence electrons. The maximum atomic E-state index is 5.55. The number of rotatable bonds is 4. The van der Waals surface area contributed by atoms with Crippen LogP contribution in [0.25, 0.3) is 0 Å². The molecule has 19 heavy (non-hydrogen) atoms. The maximum absolute atomic E-state index is 5.55. The number of nitrogens with zero attached hydrogens (tertiary/aromatic N) is 3. The van der Waals surface area contributed by atoms with Crippen LogP contribution in [0.1, 0.15) is 33.9 Å². The molecule has 0 saturated heterocycles. The molecule has 0 radical (unpaired) electrons. The van der Waals surface area contributed by atoms with Gasteiger partial charge in [-0.3, -0.25) is 4.68 Å². The molecule has 0 saturated carbocycles. The molecule has 4 nitrogen and oxygen atoms in total. The van der Waals surface area contributed by atoms with E-state index in [1.807, 2.05) is 11.7 Å². The molecule has 2 N–H and O–H groups in total. The summed E-state index contributed by atoms with van der Waals surface area (Å²) in [6, 6.07) is 4.44. The average molecular weight is 258 g/mol. The van der Waals surface area contributed by atoms with E-state index in [0.29, 0.717) is 6.54 Å². The molecular weight excluding hydrogens is 236 g/mol. The summed E-state index contributed by atoms with van der Waals surface area (Å²) in [4.78, 5) is 4.57. The van der Waals surface area contributed by atoms with Gasteiger partial charge >= 0.3 is 0 Å². The zero-order valence-electron chi connectivity index (χ0n) is 12.2. The molecule has 0 aliphatic heterocycles. The number of benzene rings is 1. The third kappa shape index (κ3) is 3.01. The Balaban J connectivity index is 2.31. The molecule has 1 aromatic heterocycles. The first-order valence-electron chi connectivity index (χ1n) is 6.67. The lowest BCUT2D eigenvalue weighted by molar-refractivity contribution is 0.703. The molecule has 0 aliphatic carbocycles. The van der Waals surface area contributed by atoms with Crippen LogP contribution in [0.4, 0.5) is 0 Å². The molecule has 0 atom stereocenters. The van der Waals surface area contributed by atoms with Crippen molar-refractivity contribution in [2.75, 3.05) is 6.54 Å². The van der Waals surface area contributed by atoms with Gasteiger partial charge in [0.2, 0.25) is 0 Å². The second-order valence-electron chi connectivity index (χ2n) is 5.16. The van der Waals surface area contributed by atoms with Gasteiger partial charge in [0, 0.05) is 19.9 Å². The summed E-state index contributed by atoms with van der Waals surface area (Å²) in [5.74, 6) is 1.83. The third-order valence-electron chi connectivity index (χ3n) is 3.44. The van der Waals surface area contributed by atoms with E-state index in [9.17, 15) is 0 Å². The van der Waals surface area contributed by atoms with Crippen molar-refractivity contribution in [1.29, 1.82) is 0 Å². The van der Waals surface area contributed by atoms with Crippen molar-refractivity contribution in [3.63, 3.8) is 0 Å². The molecular formula is C15H22N4. The second kappa shape index (κ2) is 5.53. The molecule has 0 spiro atoms. The highest BCUT2D eigenvalue weighted by Gasteiger charge is 2.11. The summed E-state index contributed by atoms with van der Waals surface area (Å²) in [7, 11) is 1.95. The van der Waals surface area contributed by atoms with Crippen LogP contribution in [0.3, 0.4) is 0 Å². The topological polar surface area (TPSA) is 56.7 Å². The Hall–Kier alpha value is -1.68. The van der Waals surface area contributed by atoms with Crippen LogP contribution in [-0.2, 0) is 19.9 Å². The summed E-state index contributed by atoms with van der Waals surface area (Å²) in [5, 5.41) is 4.40. The van der Waals surface area contributed by atoms with E-state index in [0.717, 1.165) is 24.5 Å². The highest BCUT2D eigenvalue weighted by molar-refractivity contribution is 5.39. The Bertz CT molecular complexity index is 561. The summed E-state index contributed by atoms with van der Waals surface area (Å²) in [6.07, 6.45) is 1.56. The van der Waals surface area contributed by atoms with Gasteiger partial charge in [-0.15, -0.1) is 0 Å². The van der Waals surface area contributed by atoms with Crippen molar-refractivity contribution in [3.05, 3.63) is 46.0 Å². The Morgan fingerprint density at radius 2 is 1.79 bits per heavy atom. The number of hydrogen-bond donors (Lipinski definition) is 1. The van der Waals surface area contributed by atoms with Crippen LogP contribution in [0.2, 0.25) is 0 Å². The monoisotopic (exact) mass is 258 g/mol. The Kier molecular flexibility index (Phi) is 4.00. The minimum atomic E-state index is 0.589. The SMILES string of the molecule is Cc1cc(C)c(Cc2nc(CCN)nn2C)c(C)c1. The molecule has 2 rings (SSSR count). The van der Waals surface area contributed by atoms with Crippen molar-refractivity contribution >= 4 is 0 Å².